The highest BCUT2D eigenvalue weighted by molar-refractivity contribution is 5.68. The fourth-order valence-electron chi connectivity index (χ4n) is 3.06. The number of nitrogens with zero attached hydrogens (tertiary/aromatic N) is 1. The maximum absolute atomic E-state index is 5.20. The predicted octanol–water partition coefficient (Wildman–Crippen LogP) is 2.95. The molecule has 0 aromatic heterocycles. The molecule has 0 saturated carbocycles. The number of likely N-dealkylation sites (N-methyl/N-ethyl adjacent to an activating group) is 1. The van der Waals surface area contributed by atoms with E-state index in [0.29, 0.717) is 6.04 Å². The molecule has 2 aliphatic heterocycles. The molecule has 1 aromatic carbocycles. The van der Waals surface area contributed by atoms with Crippen molar-refractivity contribution < 1.29 is 4.74 Å². The normalized spacial score (nSPS) is 28.0. The van der Waals surface area contributed by atoms with Gasteiger partial charge in [0.1, 0.15) is 5.75 Å². The summed E-state index contributed by atoms with van der Waals surface area (Å²) in [6.07, 6.45) is 6.31. The Hall–Kier alpha value is -1.28. The fraction of sp³-hybridized carbons (Fsp3) is 0.467. The smallest absolute Gasteiger partial charge is 0.118 e. The molecule has 2 bridgehead atoms. The number of hydrogen-bond acceptors (Lipinski definition) is 2. The second-order valence-corrected chi connectivity index (χ2v) is 5.09. The molecular formula is C15H19NO. The summed E-state index contributed by atoms with van der Waals surface area (Å²) in [6, 6.07) is 9.87. The second kappa shape index (κ2) is 4.19. The van der Waals surface area contributed by atoms with Gasteiger partial charge in [-0.2, -0.15) is 0 Å². The highest BCUT2D eigenvalue weighted by Gasteiger charge is 2.33. The van der Waals surface area contributed by atoms with E-state index in [4.69, 9.17) is 4.74 Å². The molecule has 1 saturated heterocycles. The molecule has 3 rings (SSSR count). The van der Waals surface area contributed by atoms with Gasteiger partial charge in [-0.3, -0.25) is 4.90 Å². The molecular weight excluding hydrogens is 210 g/mol. The maximum Gasteiger partial charge on any atom is 0.118 e. The van der Waals surface area contributed by atoms with E-state index in [1.165, 1.54) is 30.4 Å². The first kappa shape index (κ1) is 10.8. The van der Waals surface area contributed by atoms with Gasteiger partial charge < -0.3 is 4.74 Å². The summed E-state index contributed by atoms with van der Waals surface area (Å²) >= 11 is 0. The van der Waals surface area contributed by atoms with E-state index in [-0.39, 0.29) is 0 Å². The van der Waals surface area contributed by atoms with Crippen LogP contribution in [0, 0.1) is 0 Å². The Morgan fingerprint density at radius 1 is 1.18 bits per heavy atom. The standard InChI is InChI=1S/C15H19NO/c1-16-13-5-6-14(16)10-12(9-13)11-3-7-15(17-2)8-4-11/h3-4,7-9,13-14H,5-6,10H2,1-2H3/t13-,14-/m1/s1. The highest BCUT2D eigenvalue weighted by Crippen LogP contribution is 2.37. The van der Waals surface area contributed by atoms with E-state index in [0.717, 1.165) is 11.8 Å². The van der Waals surface area contributed by atoms with Crippen LogP contribution in [0.5, 0.6) is 5.75 Å². The molecule has 2 atom stereocenters. The lowest BCUT2D eigenvalue weighted by Gasteiger charge is -2.30. The van der Waals surface area contributed by atoms with Crippen LogP contribution < -0.4 is 4.74 Å². The van der Waals surface area contributed by atoms with Crippen molar-refractivity contribution in [3.63, 3.8) is 0 Å². The fourth-order valence-corrected chi connectivity index (χ4v) is 3.06. The highest BCUT2D eigenvalue weighted by atomic mass is 16.5. The first-order chi connectivity index (χ1) is 8.28. The zero-order valence-corrected chi connectivity index (χ0v) is 10.5. The average molecular weight is 229 g/mol. The third kappa shape index (κ3) is 1.87. The van der Waals surface area contributed by atoms with Gasteiger partial charge in [-0.25, -0.2) is 0 Å². The van der Waals surface area contributed by atoms with Crippen molar-refractivity contribution in [3.05, 3.63) is 35.9 Å². The van der Waals surface area contributed by atoms with Gasteiger partial charge in [0.05, 0.1) is 7.11 Å². The molecule has 0 amide bonds. The summed E-state index contributed by atoms with van der Waals surface area (Å²) in [4.78, 5) is 2.52. The molecule has 0 radical (unpaired) electrons. The second-order valence-electron chi connectivity index (χ2n) is 5.09. The Labute approximate surface area is 103 Å². The minimum Gasteiger partial charge on any atom is -0.497 e. The summed E-state index contributed by atoms with van der Waals surface area (Å²) in [5.41, 5.74) is 2.87. The van der Waals surface area contributed by atoms with E-state index in [1.807, 2.05) is 0 Å². The van der Waals surface area contributed by atoms with E-state index in [2.05, 4.69) is 42.3 Å². The quantitative estimate of drug-likeness (QED) is 0.773. The minimum atomic E-state index is 0.658. The first-order valence-corrected chi connectivity index (χ1v) is 6.35. The van der Waals surface area contributed by atoms with Crippen molar-refractivity contribution >= 4 is 5.57 Å². The Morgan fingerprint density at radius 3 is 2.59 bits per heavy atom. The first-order valence-electron chi connectivity index (χ1n) is 6.35. The number of ether oxygens (including phenoxy) is 1. The van der Waals surface area contributed by atoms with Crippen molar-refractivity contribution in [3.8, 4) is 5.75 Å². The zero-order chi connectivity index (χ0) is 11.8. The molecule has 1 aromatic rings. The maximum atomic E-state index is 5.20. The van der Waals surface area contributed by atoms with Crippen LogP contribution >= 0.6 is 0 Å². The molecule has 2 nitrogen and oxygen atoms in total. The van der Waals surface area contributed by atoms with Crippen LogP contribution in [0.1, 0.15) is 24.8 Å². The van der Waals surface area contributed by atoms with Crippen molar-refractivity contribution in [1.82, 2.24) is 4.90 Å². The molecule has 0 spiro atoms. The van der Waals surface area contributed by atoms with Crippen LogP contribution in [-0.4, -0.2) is 31.1 Å². The van der Waals surface area contributed by atoms with Crippen LogP contribution in [0.15, 0.2) is 30.3 Å². The Bertz CT molecular complexity index is 435. The summed E-state index contributed by atoms with van der Waals surface area (Å²) in [5, 5.41) is 0. The van der Waals surface area contributed by atoms with Gasteiger partial charge in [0.25, 0.3) is 0 Å². The number of fused-ring (bicyclic) bond motifs is 2. The van der Waals surface area contributed by atoms with Gasteiger partial charge in [-0.05, 0) is 49.6 Å². The number of hydrogen-bond donors (Lipinski definition) is 0. The molecule has 1 fully saturated rings. The molecule has 90 valence electrons. The number of benzene rings is 1. The topological polar surface area (TPSA) is 12.5 Å². The van der Waals surface area contributed by atoms with Crippen LogP contribution in [-0.2, 0) is 0 Å². The van der Waals surface area contributed by atoms with Crippen molar-refractivity contribution in [1.29, 1.82) is 0 Å². The summed E-state index contributed by atoms with van der Waals surface area (Å²) in [7, 11) is 3.97. The van der Waals surface area contributed by atoms with Crippen molar-refractivity contribution in [2.75, 3.05) is 14.2 Å². The molecule has 2 heteroatoms. The van der Waals surface area contributed by atoms with Gasteiger partial charge >= 0.3 is 0 Å². The van der Waals surface area contributed by atoms with Crippen LogP contribution in [0.25, 0.3) is 5.57 Å². The third-order valence-electron chi connectivity index (χ3n) is 4.20. The SMILES string of the molecule is COc1ccc(C2=C[C@H]3CC[C@H](C2)N3C)cc1. The largest absolute Gasteiger partial charge is 0.497 e. The van der Waals surface area contributed by atoms with Crippen molar-refractivity contribution in [2.24, 2.45) is 0 Å². The molecule has 2 heterocycles. The van der Waals surface area contributed by atoms with Crippen LogP contribution in [0.2, 0.25) is 0 Å². The summed E-state index contributed by atoms with van der Waals surface area (Å²) in [6.45, 7) is 0. The molecule has 0 N–H and O–H groups in total. The van der Waals surface area contributed by atoms with Crippen molar-refractivity contribution in [2.45, 2.75) is 31.3 Å². The zero-order valence-electron chi connectivity index (χ0n) is 10.5. The van der Waals surface area contributed by atoms with Crippen LogP contribution in [0.4, 0.5) is 0 Å². The van der Waals surface area contributed by atoms with Gasteiger partial charge in [-0.1, -0.05) is 18.2 Å². The van der Waals surface area contributed by atoms with Gasteiger partial charge in [0.2, 0.25) is 0 Å². The Kier molecular flexibility index (Phi) is 2.67. The summed E-state index contributed by atoms with van der Waals surface area (Å²) in [5.74, 6) is 0.935. The van der Waals surface area contributed by atoms with Gasteiger partial charge in [0, 0.05) is 12.1 Å². The lowest BCUT2D eigenvalue weighted by atomic mass is 9.95. The monoisotopic (exact) mass is 229 g/mol. The van der Waals surface area contributed by atoms with E-state index >= 15 is 0 Å². The number of methoxy groups -OCH3 is 1. The van der Waals surface area contributed by atoms with Crippen LogP contribution in [0.3, 0.4) is 0 Å². The Morgan fingerprint density at radius 2 is 1.94 bits per heavy atom. The predicted molar refractivity (Wildman–Crippen MR) is 70.2 cm³/mol. The van der Waals surface area contributed by atoms with E-state index in [1.54, 1.807) is 7.11 Å². The van der Waals surface area contributed by atoms with E-state index in [9.17, 15) is 0 Å². The number of rotatable bonds is 2. The van der Waals surface area contributed by atoms with Gasteiger partial charge in [-0.15, -0.1) is 0 Å². The third-order valence-corrected chi connectivity index (χ3v) is 4.20. The lowest BCUT2D eigenvalue weighted by Crippen LogP contribution is -2.34. The molecule has 0 aliphatic carbocycles. The van der Waals surface area contributed by atoms with Gasteiger partial charge in [0.15, 0.2) is 0 Å². The average Bonchev–Trinajstić information content (AvgIpc) is 2.61. The van der Waals surface area contributed by atoms with E-state index < -0.39 is 0 Å². The minimum absolute atomic E-state index is 0.658. The molecule has 17 heavy (non-hydrogen) atoms. The molecule has 2 aliphatic rings. The lowest BCUT2D eigenvalue weighted by molar-refractivity contribution is 0.264. The molecule has 0 unspecified atom stereocenters. The summed E-state index contributed by atoms with van der Waals surface area (Å²) < 4.78 is 5.20. The Balaban J connectivity index is 1.87.